The van der Waals surface area contributed by atoms with Crippen molar-refractivity contribution in [2.75, 3.05) is 11.5 Å². The Morgan fingerprint density at radius 1 is 1.50 bits per heavy atom. The zero-order valence-electron chi connectivity index (χ0n) is 9.65. The van der Waals surface area contributed by atoms with Gasteiger partial charge in [0.05, 0.1) is 5.04 Å². The quantitative estimate of drug-likeness (QED) is 0.367. The van der Waals surface area contributed by atoms with Gasteiger partial charge < -0.3 is 16.5 Å². The van der Waals surface area contributed by atoms with E-state index in [2.05, 4.69) is 15.0 Å². The van der Waals surface area contributed by atoms with Crippen molar-refractivity contribution >= 4 is 46.4 Å². The Labute approximate surface area is 112 Å². The average Bonchev–Trinajstić information content (AvgIpc) is 2.24. The molecule has 18 heavy (non-hydrogen) atoms. The summed E-state index contributed by atoms with van der Waals surface area (Å²) in [5.74, 6) is 0.368. The first-order valence-corrected chi connectivity index (χ1v) is 6.38. The molecular weight excluding hydrogens is 274 g/mol. The fourth-order valence-corrected chi connectivity index (χ4v) is 2.01. The number of nitrogens with two attached hydrogens (primary N) is 2. The van der Waals surface area contributed by atoms with E-state index in [0.29, 0.717) is 10.8 Å². The normalized spacial score (nSPS) is 11.5. The van der Waals surface area contributed by atoms with Crippen molar-refractivity contribution in [3.8, 4) is 0 Å². The number of primary amides is 1. The lowest BCUT2D eigenvalue weighted by molar-refractivity contribution is -0.117. The Bertz CT molecular complexity index is 589. The largest absolute Gasteiger partial charge is 0.391 e. The summed E-state index contributed by atoms with van der Waals surface area (Å²) in [6.07, 6.45) is 0.262. The predicted molar refractivity (Wildman–Crippen MR) is 75.7 cm³/mol. The summed E-state index contributed by atoms with van der Waals surface area (Å²) >= 11 is 6.16. The van der Waals surface area contributed by atoms with Gasteiger partial charge in [-0.15, -0.1) is 11.8 Å². The van der Waals surface area contributed by atoms with Gasteiger partial charge in [0.2, 0.25) is 5.91 Å². The number of hydrogen-bond donors (Lipinski definition) is 4. The van der Waals surface area contributed by atoms with E-state index in [1.54, 1.807) is 6.92 Å². The molecule has 0 fully saturated rings. The highest BCUT2D eigenvalue weighted by Crippen LogP contribution is 2.16. The Morgan fingerprint density at radius 2 is 2.17 bits per heavy atom. The van der Waals surface area contributed by atoms with Gasteiger partial charge in [0, 0.05) is 12.2 Å². The number of aromatic nitrogens is 2. The van der Waals surface area contributed by atoms with Crippen LogP contribution in [0.3, 0.4) is 0 Å². The second-order valence-corrected chi connectivity index (χ2v) is 5.06. The maximum absolute atomic E-state index is 11.3. The van der Waals surface area contributed by atoms with Crippen LogP contribution in [0, 0.1) is 4.77 Å². The lowest BCUT2D eigenvalue weighted by Crippen LogP contribution is -2.13. The number of carbonyl (C=O) groups is 1. The predicted octanol–water partition coefficient (Wildman–Crippen LogP) is 0.673. The highest BCUT2D eigenvalue weighted by Gasteiger charge is 2.04. The van der Waals surface area contributed by atoms with Crippen LogP contribution in [0.4, 0.5) is 11.5 Å². The van der Waals surface area contributed by atoms with Crippen LogP contribution in [0.1, 0.15) is 13.3 Å². The van der Waals surface area contributed by atoms with E-state index in [1.165, 1.54) is 11.8 Å². The molecule has 0 aromatic carbocycles. The van der Waals surface area contributed by atoms with Gasteiger partial charge in [0.15, 0.2) is 10.6 Å². The highest BCUT2D eigenvalue weighted by atomic mass is 32.2. The molecule has 98 valence electrons. The zero-order valence-corrected chi connectivity index (χ0v) is 11.3. The van der Waals surface area contributed by atoms with Gasteiger partial charge in [-0.1, -0.05) is 0 Å². The summed E-state index contributed by atoms with van der Waals surface area (Å²) in [6.45, 7) is 1.74. The minimum Gasteiger partial charge on any atom is -0.391 e. The Kier molecular flexibility index (Phi) is 5.10. The number of nitrogen functional groups attached to an aromatic ring is 1. The molecular formula is C9H13N5O2S2. The zero-order chi connectivity index (χ0) is 13.7. The van der Waals surface area contributed by atoms with Crippen LogP contribution in [-0.4, -0.2) is 26.7 Å². The van der Waals surface area contributed by atoms with Crippen LogP contribution < -0.4 is 17.0 Å². The summed E-state index contributed by atoms with van der Waals surface area (Å²) in [5, 5.41) is 0.652. The smallest absolute Gasteiger partial charge is 0.277 e. The molecule has 0 saturated carbocycles. The third-order valence-electron chi connectivity index (χ3n) is 1.89. The van der Waals surface area contributed by atoms with E-state index in [1.807, 2.05) is 0 Å². The van der Waals surface area contributed by atoms with Crippen molar-refractivity contribution in [1.82, 2.24) is 9.97 Å². The molecule has 9 heteroatoms. The molecule has 1 aromatic heterocycles. The van der Waals surface area contributed by atoms with E-state index >= 15 is 0 Å². The van der Waals surface area contributed by atoms with Gasteiger partial charge in [-0.3, -0.25) is 14.6 Å². The Hall–Kier alpha value is -1.61. The summed E-state index contributed by atoms with van der Waals surface area (Å²) in [5.41, 5.74) is 10.1. The minimum atomic E-state index is -0.479. The molecule has 0 saturated heterocycles. The fraction of sp³-hybridized carbons (Fsp3) is 0.333. The number of amides is 1. The molecule has 7 nitrogen and oxygen atoms in total. The summed E-state index contributed by atoms with van der Waals surface area (Å²) in [4.78, 5) is 31.1. The third kappa shape index (κ3) is 4.34. The molecule has 0 unspecified atom stereocenters. The number of aliphatic imine (C=N–C) groups is 1. The van der Waals surface area contributed by atoms with Gasteiger partial charge in [0.25, 0.3) is 5.56 Å². The SMILES string of the molecule is C/C(=N\c1[nH]c(=S)[nH]c(=O)c1N)SCCC(N)=O. The van der Waals surface area contributed by atoms with Crippen molar-refractivity contribution in [3.63, 3.8) is 0 Å². The molecule has 0 spiro atoms. The minimum absolute atomic E-state index is 0.0292. The first-order chi connectivity index (χ1) is 8.40. The standard InChI is InChI=1S/C9H13N5O2S2/c1-4(18-3-2-5(10)15)12-7-6(11)8(16)14-9(17)13-7/h2-3,11H2,1H3,(H2,10,15)(H2,13,14,16,17)/b12-4+. The summed E-state index contributed by atoms with van der Waals surface area (Å²) in [6, 6.07) is 0. The van der Waals surface area contributed by atoms with Crippen molar-refractivity contribution in [2.24, 2.45) is 10.7 Å². The van der Waals surface area contributed by atoms with Crippen LogP contribution in [0.2, 0.25) is 0 Å². The fourth-order valence-electron chi connectivity index (χ4n) is 1.06. The van der Waals surface area contributed by atoms with Gasteiger partial charge in [-0.25, -0.2) is 4.99 Å². The second-order valence-electron chi connectivity index (χ2n) is 3.37. The summed E-state index contributed by atoms with van der Waals surface area (Å²) < 4.78 is 0.155. The third-order valence-corrected chi connectivity index (χ3v) is 3.01. The maximum atomic E-state index is 11.3. The molecule has 1 heterocycles. The van der Waals surface area contributed by atoms with Crippen molar-refractivity contribution in [3.05, 3.63) is 15.1 Å². The number of anilines is 1. The van der Waals surface area contributed by atoms with E-state index < -0.39 is 5.56 Å². The molecule has 0 atom stereocenters. The van der Waals surface area contributed by atoms with Gasteiger partial charge in [-0.05, 0) is 19.1 Å². The lowest BCUT2D eigenvalue weighted by atomic mass is 10.5. The topological polar surface area (TPSA) is 130 Å². The number of carbonyl (C=O) groups excluding carboxylic acids is 1. The van der Waals surface area contributed by atoms with Gasteiger partial charge in [0.1, 0.15) is 5.69 Å². The molecule has 0 aliphatic heterocycles. The molecule has 0 radical (unpaired) electrons. The van der Waals surface area contributed by atoms with Crippen LogP contribution in [0.25, 0.3) is 0 Å². The maximum Gasteiger partial charge on any atom is 0.277 e. The molecule has 0 aliphatic rings. The van der Waals surface area contributed by atoms with E-state index in [4.69, 9.17) is 23.7 Å². The second kappa shape index (κ2) is 6.36. The molecule has 6 N–H and O–H groups in total. The number of thioether (sulfide) groups is 1. The number of nitrogens with zero attached hydrogens (tertiary/aromatic N) is 1. The number of hydrogen-bond acceptors (Lipinski definition) is 6. The molecule has 1 amide bonds. The molecule has 1 aromatic rings. The van der Waals surface area contributed by atoms with Crippen LogP contribution >= 0.6 is 24.0 Å². The first-order valence-electron chi connectivity index (χ1n) is 4.98. The monoisotopic (exact) mass is 287 g/mol. The first kappa shape index (κ1) is 14.5. The highest BCUT2D eigenvalue weighted by molar-refractivity contribution is 8.13. The molecule has 1 rings (SSSR count). The van der Waals surface area contributed by atoms with Crippen molar-refractivity contribution in [2.45, 2.75) is 13.3 Å². The van der Waals surface area contributed by atoms with Crippen LogP contribution in [0.15, 0.2) is 9.79 Å². The molecule has 0 bridgehead atoms. The van der Waals surface area contributed by atoms with Crippen LogP contribution in [0.5, 0.6) is 0 Å². The number of rotatable bonds is 4. The number of aromatic amines is 2. The van der Waals surface area contributed by atoms with Crippen molar-refractivity contribution in [1.29, 1.82) is 0 Å². The number of nitrogens with one attached hydrogen (secondary N) is 2. The van der Waals surface area contributed by atoms with Crippen molar-refractivity contribution < 1.29 is 4.79 Å². The van der Waals surface area contributed by atoms with E-state index in [-0.39, 0.29) is 28.6 Å². The Morgan fingerprint density at radius 3 is 2.78 bits per heavy atom. The summed E-state index contributed by atoms with van der Waals surface area (Å²) in [7, 11) is 0. The average molecular weight is 287 g/mol. The molecule has 0 aliphatic carbocycles. The van der Waals surface area contributed by atoms with Crippen LogP contribution in [-0.2, 0) is 4.79 Å². The Balaban J connectivity index is 2.85. The van der Waals surface area contributed by atoms with Gasteiger partial charge >= 0.3 is 0 Å². The van der Waals surface area contributed by atoms with E-state index in [9.17, 15) is 9.59 Å². The van der Waals surface area contributed by atoms with E-state index in [0.717, 1.165) is 0 Å². The number of H-pyrrole nitrogens is 2. The lowest BCUT2D eigenvalue weighted by Gasteiger charge is -2.02. The van der Waals surface area contributed by atoms with Gasteiger partial charge in [-0.2, -0.15) is 0 Å².